The molecule has 0 bridgehead atoms. The van der Waals surface area contributed by atoms with Gasteiger partial charge in [0, 0.05) is 0 Å². The van der Waals surface area contributed by atoms with E-state index in [4.69, 9.17) is 0 Å². The highest BCUT2D eigenvalue weighted by atomic mass is 14.2. The first-order valence-electron chi connectivity index (χ1n) is 4.69. The van der Waals surface area contributed by atoms with Crippen LogP contribution in [0.15, 0.2) is 24.3 Å². The molecular formula is C12H17. The Bertz CT molecular complexity index is 219. The van der Waals surface area contributed by atoms with E-state index in [1.807, 2.05) is 12.1 Å². The van der Waals surface area contributed by atoms with Gasteiger partial charge in [0.25, 0.3) is 0 Å². The SMILES string of the molecule is CCC(C)(CC)c1cc[c]cc1. The second kappa shape index (κ2) is 3.75. The Kier molecular flexibility index (Phi) is 2.91. The van der Waals surface area contributed by atoms with Crippen LogP contribution in [-0.2, 0) is 5.41 Å². The van der Waals surface area contributed by atoms with Gasteiger partial charge >= 0.3 is 0 Å². The molecule has 0 fully saturated rings. The van der Waals surface area contributed by atoms with Crippen molar-refractivity contribution in [1.29, 1.82) is 0 Å². The third kappa shape index (κ3) is 1.69. The first kappa shape index (κ1) is 9.31. The predicted molar refractivity (Wildman–Crippen MR) is 53.2 cm³/mol. The molecule has 0 saturated heterocycles. The molecule has 0 unspecified atom stereocenters. The maximum absolute atomic E-state index is 3.05. The Morgan fingerprint density at radius 2 is 1.67 bits per heavy atom. The molecule has 0 nitrogen and oxygen atoms in total. The molecule has 0 atom stereocenters. The second-order valence-corrected chi connectivity index (χ2v) is 3.56. The minimum absolute atomic E-state index is 0.356. The summed E-state index contributed by atoms with van der Waals surface area (Å²) in [6.45, 7) is 6.82. The van der Waals surface area contributed by atoms with Crippen LogP contribution >= 0.6 is 0 Å². The van der Waals surface area contributed by atoms with Crippen molar-refractivity contribution in [2.75, 3.05) is 0 Å². The first-order valence-corrected chi connectivity index (χ1v) is 4.69. The Morgan fingerprint density at radius 3 is 2.08 bits per heavy atom. The Hall–Kier alpha value is -0.780. The molecule has 65 valence electrons. The quantitative estimate of drug-likeness (QED) is 0.635. The summed E-state index contributed by atoms with van der Waals surface area (Å²) in [6, 6.07) is 11.4. The van der Waals surface area contributed by atoms with E-state index in [1.54, 1.807) is 0 Å². The minimum atomic E-state index is 0.356. The largest absolute Gasteiger partial charge is 0.0645 e. The molecule has 1 aromatic rings. The molecule has 0 heterocycles. The number of benzene rings is 1. The molecule has 12 heavy (non-hydrogen) atoms. The van der Waals surface area contributed by atoms with Crippen molar-refractivity contribution in [1.82, 2.24) is 0 Å². The highest BCUT2D eigenvalue weighted by Crippen LogP contribution is 2.30. The average molecular weight is 161 g/mol. The second-order valence-electron chi connectivity index (χ2n) is 3.56. The van der Waals surface area contributed by atoms with Gasteiger partial charge in [-0.05, 0) is 29.9 Å². The van der Waals surface area contributed by atoms with Gasteiger partial charge < -0.3 is 0 Å². The lowest BCUT2D eigenvalue weighted by molar-refractivity contribution is 0.439. The lowest BCUT2D eigenvalue weighted by Crippen LogP contribution is -2.18. The third-order valence-electron chi connectivity index (χ3n) is 2.98. The van der Waals surface area contributed by atoms with E-state index >= 15 is 0 Å². The highest BCUT2D eigenvalue weighted by molar-refractivity contribution is 5.23. The van der Waals surface area contributed by atoms with Crippen molar-refractivity contribution in [3.63, 3.8) is 0 Å². The van der Waals surface area contributed by atoms with Gasteiger partial charge in [-0.25, -0.2) is 0 Å². The van der Waals surface area contributed by atoms with Crippen LogP contribution < -0.4 is 0 Å². The molecule has 0 aliphatic heterocycles. The average Bonchev–Trinajstić information content (AvgIpc) is 2.18. The number of rotatable bonds is 3. The molecule has 1 aromatic carbocycles. The van der Waals surface area contributed by atoms with Crippen LogP contribution in [0.2, 0.25) is 0 Å². The molecule has 0 aliphatic rings. The fraction of sp³-hybridized carbons (Fsp3) is 0.500. The van der Waals surface area contributed by atoms with Gasteiger partial charge in [0.2, 0.25) is 0 Å². The fourth-order valence-electron chi connectivity index (χ4n) is 1.45. The van der Waals surface area contributed by atoms with Gasteiger partial charge in [-0.15, -0.1) is 0 Å². The van der Waals surface area contributed by atoms with Crippen LogP contribution in [-0.4, -0.2) is 0 Å². The lowest BCUT2D eigenvalue weighted by atomic mass is 9.78. The van der Waals surface area contributed by atoms with Crippen molar-refractivity contribution >= 4 is 0 Å². The molecule has 1 rings (SSSR count). The summed E-state index contributed by atoms with van der Waals surface area (Å²) in [5, 5.41) is 0. The zero-order chi connectivity index (χ0) is 9.03. The van der Waals surface area contributed by atoms with E-state index in [2.05, 4.69) is 39.0 Å². The minimum Gasteiger partial charge on any atom is -0.0645 e. The Balaban J connectivity index is 2.95. The monoisotopic (exact) mass is 161 g/mol. The first-order chi connectivity index (χ1) is 5.73. The van der Waals surface area contributed by atoms with E-state index in [0.29, 0.717) is 5.41 Å². The van der Waals surface area contributed by atoms with Crippen LogP contribution in [0.5, 0.6) is 0 Å². The Labute approximate surface area is 75.6 Å². The molecule has 0 saturated carbocycles. The predicted octanol–water partition coefficient (Wildman–Crippen LogP) is 3.56. The maximum atomic E-state index is 3.05. The summed E-state index contributed by atoms with van der Waals surface area (Å²) >= 11 is 0. The normalized spacial score (nSPS) is 11.6. The van der Waals surface area contributed by atoms with Gasteiger partial charge in [-0.3, -0.25) is 0 Å². The third-order valence-corrected chi connectivity index (χ3v) is 2.98. The Morgan fingerprint density at radius 1 is 1.17 bits per heavy atom. The van der Waals surface area contributed by atoms with Gasteiger partial charge in [0.1, 0.15) is 0 Å². The van der Waals surface area contributed by atoms with Gasteiger partial charge in [-0.1, -0.05) is 45.0 Å². The number of hydrogen-bond acceptors (Lipinski definition) is 0. The van der Waals surface area contributed by atoms with E-state index in [1.165, 1.54) is 18.4 Å². The van der Waals surface area contributed by atoms with Gasteiger partial charge in [0.05, 0.1) is 0 Å². The van der Waals surface area contributed by atoms with Crippen molar-refractivity contribution < 1.29 is 0 Å². The van der Waals surface area contributed by atoms with Crippen molar-refractivity contribution in [3.8, 4) is 0 Å². The van der Waals surface area contributed by atoms with Gasteiger partial charge in [-0.2, -0.15) is 0 Å². The van der Waals surface area contributed by atoms with E-state index in [-0.39, 0.29) is 0 Å². The zero-order valence-electron chi connectivity index (χ0n) is 8.22. The van der Waals surface area contributed by atoms with Crippen LogP contribution in [0.25, 0.3) is 0 Å². The summed E-state index contributed by atoms with van der Waals surface area (Å²) < 4.78 is 0. The van der Waals surface area contributed by atoms with Crippen LogP contribution in [0, 0.1) is 6.07 Å². The molecule has 0 aliphatic carbocycles. The maximum Gasteiger partial charge on any atom is -0.00805 e. The molecule has 0 N–H and O–H groups in total. The van der Waals surface area contributed by atoms with Crippen molar-refractivity contribution in [2.45, 2.75) is 39.0 Å². The summed E-state index contributed by atoms with van der Waals surface area (Å²) in [7, 11) is 0. The van der Waals surface area contributed by atoms with E-state index < -0.39 is 0 Å². The van der Waals surface area contributed by atoms with E-state index in [9.17, 15) is 0 Å². The number of hydrogen-bond donors (Lipinski definition) is 0. The van der Waals surface area contributed by atoms with Crippen LogP contribution in [0.4, 0.5) is 0 Å². The molecule has 0 aromatic heterocycles. The van der Waals surface area contributed by atoms with Gasteiger partial charge in [0.15, 0.2) is 0 Å². The summed E-state index contributed by atoms with van der Waals surface area (Å²) in [4.78, 5) is 0. The standard InChI is InChI=1S/C12H17/c1-4-12(3,5-2)11-9-7-6-8-10-11/h7-10H,4-5H2,1-3H3. The lowest BCUT2D eigenvalue weighted by Gasteiger charge is -2.27. The molecule has 0 amide bonds. The summed E-state index contributed by atoms with van der Waals surface area (Å²) in [6.07, 6.45) is 2.40. The summed E-state index contributed by atoms with van der Waals surface area (Å²) in [5.41, 5.74) is 1.79. The van der Waals surface area contributed by atoms with Crippen molar-refractivity contribution in [3.05, 3.63) is 35.9 Å². The topological polar surface area (TPSA) is 0 Å². The molecule has 1 radical (unpaired) electrons. The molecule has 0 heteroatoms. The zero-order valence-corrected chi connectivity index (χ0v) is 8.22. The smallest absolute Gasteiger partial charge is 0.00805 e. The van der Waals surface area contributed by atoms with Crippen LogP contribution in [0.3, 0.4) is 0 Å². The van der Waals surface area contributed by atoms with Crippen molar-refractivity contribution in [2.24, 2.45) is 0 Å². The summed E-state index contributed by atoms with van der Waals surface area (Å²) in [5.74, 6) is 0. The molecule has 0 spiro atoms. The van der Waals surface area contributed by atoms with E-state index in [0.717, 1.165) is 0 Å². The highest BCUT2D eigenvalue weighted by Gasteiger charge is 2.21. The fourth-order valence-corrected chi connectivity index (χ4v) is 1.45. The molecular weight excluding hydrogens is 144 g/mol. The van der Waals surface area contributed by atoms with Crippen LogP contribution in [0.1, 0.15) is 39.2 Å².